The minimum Gasteiger partial charge on any atom is -0.270 e. The molecule has 0 aromatic rings. The summed E-state index contributed by atoms with van der Waals surface area (Å²) >= 11 is 0. The average Bonchev–Trinajstić information content (AvgIpc) is 2.45. The van der Waals surface area contributed by atoms with E-state index in [4.69, 9.17) is 5.14 Å². The molecule has 13 heavy (non-hydrogen) atoms. The fourth-order valence-electron chi connectivity index (χ4n) is 1.38. The maximum Gasteiger partial charge on any atom is 0.220 e. The number of primary sulfonamides is 1. The lowest BCUT2D eigenvalue weighted by Gasteiger charge is -2.17. The van der Waals surface area contributed by atoms with Gasteiger partial charge in [-0.05, 0) is 6.08 Å². The zero-order valence-corrected chi connectivity index (χ0v) is 7.66. The first-order valence-electron chi connectivity index (χ1n) is 3.84. The van der Waals surface area contributed by atoms with Crippen molar-refractivity contribution >= 4 is 15.9 Å². The maximum absolute atomic E-state index is 11.1. The summed E-state index contributed by atoms with van der Waals surface area (Å²) in [4.78, 5) is 4.07. The summed E-state index contributed by atoms with van der Waals surface area (Å²) in [6, 6.07) is 0. The normalized spacial score (nSPS) is 27.3. The van der Waals surface area contributed by atoms with Crippen LogP contribution >= 0.6 is 0 Å². The van der Waals surface area contributed by atoms with Crippen molar-refractivity contribution in [2.45, 2.75) is 5.25 Å². The Kier molecular flexibility index (Phi) is 1.86. The third kappa shape index (κ3) is 1.45. The molecule has 0 spiro atoms. The number of sulfonamides is 1. The Bertz CT molecular complexity index is 372. The van der Waals surface area contributed by atoms with Crippen LogP contribution < -0.4 is 10.6 Å². The number of amidine groups is 1. The van der Waals surface area contributed by atoms with Crippen molar-refractivity contribution in [2.75, 3.05) is 13.1 Å². The van der Waals surface area contributed by atoms with Crippen molar-refractivity contribution in [1.29, 1.82) is 0 Å². The molecule has 0 amide bonds. The standard InChI is InChI=1S/C6H10N4O2S/c7-13(11,12)5-4-9-10-3-1-2-8-6(5)10/h1,3,5,9H,2,4H2,(H2,7,11,12). The van der Waals surface area contributed by atoms with E-state index >= 15 is 0 Å². The lowest BCUT2D eigenvalue weighted by atomic mass is 10.4. The summed E-state index contributed by atoms with van der Waals surface area (Å²) in [6.07, 6.45) is 3.59. The second-order valence-corrected chi connectivity index (χ2v) is 4.64. The number of nitrogens with one attached hydrogen (secondary N) is 1. The molecule has 2 aliphatic rings. The van der Waals surface area contributed by atoms with Gasteiger partial charge in [-0.3, -0.25) is 10.0 Å². The summed E-state index contributed by atoms with van der Waals surface area (Å²) in [5.74, 6) is 0.491. The molecule has 0 aliphatic carbocycles. The smallest absolute Gasteiger partial charge is 0.220 e. The van der Waals surface area contributed by atoms with Crippen LogP contribution in [0.15, 0.2) is 17.3 Å². The molecule has 6 nitrogen and oxygen atoms in total. The number of rotatable bonds is 1. The summed E-state index contributed by atoms with van der Waals surface area (Å²) in [5, 5.41) is 5.93. The number of fused-ring (bicyclic) bond motifs is 1. The monoisotopic (exact) mass is 202 g/mol. The van der Waals surface area contributed by atoms with Gasteiger partial charge in [0.2, 0.25) is 10.0 Å². The molecule has 2 heterocycles. The molecule has 0 bridgehead atoms. The van der Waals surface area contributed by atoms with Gasteiger partial charge in [0.05, 0.1) is 6.54 Å². The topological polar surface area (TPSA) is 87.8 Å². The Balaban J connectivity index is 2.32. The first kappa shape index (κ1) is 8.67. The molecule has 2 aliphatic heterocycles. The Morgan fingerprint density at radius 3 is 3.15 bits per heavy atom. The number of nitrogens with zero attached hydrogens (tertiary/aromatic N) is 2. The highest BCUT2D eigenvalue weighted by Crippen LogP contribution is 2.12. The van der Waals surface area contributed by atoms with E-state index in [1.165, 1.54) is 0 Å². The van der Waals surface area contributed by atoms with Crippen LogP contribution in [-0.2, 0) is 10.0 Å². The van der Waals surface area contributed by atoms with Gasteiger partial charge < -0.3 is 0 Å². The predicted molar refractivity (Wildman–Crippen MR) is 48.2 cm³/mol. The highest BCUT2D eigenvalue weighted by Gasteiger charge is 2.36. The Labute approximate surface area is 76.1 Å². The quantitative estimate of drug-likeness (QED) is 0.535. The Hall–Kier alpha value is -0.920. The molecule has 3 N–H and O–H groups in total. The first-order valence-corrected chi connectivity index (χ1v) is 5.45. The summed E-state index contributed by atoms with van der Waals surface area (Å²) in [7, 11) is -3.54. The van der Waals surface area contributed by atoms with Crippen LogP contribution in [0.25, 0.3) is 0 Å². The van der Waals surface area contributed by atoms with Crippen LogP contribution in [0, 0.1) is 0 Å². The first-order chi connectivity index (χ1) is 6.09. The zero-order valence-electron chi connectivity index (χ0n) is 6.84. The van der Waals surface area contributed by atoms with E-state index in [9.17, 15) is 8.42 Å². The van der Waals surface area contributed by atoms with E-state index in [1.807, 2.05) is 6.08 Å². The van der Waals surface area contributed by atoms with Gasteiger partial charge in [-0.25, -0.2) is 19.0 Å². The molecule has 1 saturated heterocycles. The minimum atomic E-state index is -3.54. The van der Waals surface area contributed by atoms with E-state index in [1.54, 1.807) is 11.2 Å². The molecule has 1 fully saturated rings. The largest absolute Gasteiger partial charge is 0.270 e. The van der Waals surface area contributed by atoms with Crippen molar-refractivity contribution in [3.63, 3.8) is 0 Å². The molecule has 2 rings (SSSR count). The van der Waals surface area contributed by atoms with Crippen molar-refractivity contribution in [1.82, 2.24) is 10.4 Å². The highest BCUT2D eigenvalue weighted by molar-refractivity contribution is 7.90. The van der Waals surface area contributed by atoms with Gasteiger partial charge in [0, 0.05) is 12.7 Å². The Morgan fingerprint density at radius 2 is 2.46 bits per heavy atom. The third-order valence-electron chi connectivity index (χ3n) is 1.99. The lowest BCUT2D eigenvalue weighted by Crippen LogP contribution is -2.38. The number of hydrazine groups is 1. The van der Waals surface area contributed by atoms with E-state index < -0.39 is 15.3 Å². The summed E-state index contributed by atoms with van der Waals surface area (Å²) in [6.45, 7) is 0.807. The lowest BCUT2D eigenvalue weighted by molar-refractivity contribution is 0.455. The predicted octanol–water partition coefficient (Wildman–Crippen LogP) is -1.61. The summed E-state index contributed by atoms with van der Waals surface area (Å²) in [5.41, 5.74) is 2.87. The molecule has 0 radical (unpaired) electrons. The molecule has 7 heteroatoms. The molecule has 1 atom stereocenters. The van der Waals surface area contributed by atoms with Crippen molar-refractivity contribution < 1.29 is 8.42 Å². The summed E-state index contributed by atoms with van der Waals surface area (Å²) < 4.78 is 22.2. The van der Waals surface area contributed by atoms with Crippen LogP contribution in [0.5, 0.6) is 0 Å². The molecule has 0 aromatic carbocycles. The van der Waals surface area contributed by atoms with Crippen LogP contribution in [0.3, 0.4) is 0 Å². The van der Waals surface area contributed by atoms with Gasteiger partial charge in [0.15, 0.2) is 0 Å². The van der Waals surface area contributed by atoms with Crippen LogP contribution in [0.1, 0.15) is 0 Å². The second-order valence-electron chi connectivity index (χ2n) is 2.89. The van der Waals surface area contributed by atoms with Gasteiger partial charge in [-0.2, -0.15) is 0 Å². The number of hydrogen-bond donors (Lipinski definition) is 2. The minimum absolute atomic E-state index is 0.294. The molecule has 0 saturated carbocycles. The van der Waals surface area contributed by atoms with Crippen LogP contribution in [-0.4, -0.2) is 37.6 Å². The Morgan fingerprint density at radius 1 is 1.69 bits per heavy atom. The van der Waals surface area contributed by atoms with Crippen molar-refractivity contribution in [3.05, 3.63) is 12.3 Å². The van der Waals surface area contributed by atoms with E-state index in [-0.39, 0.29) is 0 Å². The maximum atomic E-state index is 11.1. The second kappa shape index (κ2) is 2.79. The zero-order chi connectivity index (χ0) is 9.47. The van der Waals surface area contributed by atoms with Gasteiger partial charge in [-0.15, -0.1) is 0 Å². The van der Waals surface area contributed by atoms with E-state index in [2.05, 4.69) is 10.4 Å². The number of nitrogens with two attached hydrogens (primary N) is 1. The molecular formula is C6H10N4O2S. The number of aliphatic imine (C=N–C) groups is 1. The molecule has 0 aromatic heterocycles. The van der Waals surface area contributed by atoms with E-state index in [0.29, 0.717) is 18.9 Å². The van der Waals surface area contributed by atoms with Crippen LogP contribution in [0.2, 0.25) is 0 Å². The van der Waals surface area contributed by atoms with Gasteiger partial charge in [-0.1, -0.05) is 0 Å². The van der Waals surface area contributed by atoms with Gasteiger partial charge in [0.1, 0.15) is 11.1 Å². The van der Waals surface area contributed by atoms with Crippen LogP contribution in [0.4, 0.5) is 0 Å². The van der Waals surface area contributed by atoms with E-state index in [0.717, 1.165) is 0 Å². The van der Waals surface area contributed by atoms with Gasteiger partial charge in [0.25, 0.3) is 0 Å². The van der Waals surface area contributed by atoms with Crippen molar-refractivity contribution in [3.8, 4) is 0 Å². The third-order valence-corrected chi connectivity index (χ3v) is 3.16. The SMILES string of the molecule is NS(=O)(=O)C1CNN2C=CCN=C12. The fourth-order valence-corrected chi connectivity index (χ4v) is 2.17. The molecule has 1 unspecified atom stereocenters. The highest BCUT2D eigenvalue weighted by atomic mass is 32.2. The van der Waals surface area contributed by atoms with Crippen molar-refractivity contribution in [2.24, 2.45) is 10.1 Å². The molecular weight excluding hydrogens is 192 g/mol. The average molecular weight is 202 g/mol. The fraction of sp³-hybridized carbons (Fsp3) is 0.500. The van der Waals surface area contributed by atoms with Gasteiger partial charge >= 0.3 is 0 Å². The number of hydrogen-bond acceptors (Lipinski definition) is 5. The molecule has 72 valence electrons.